The smallest absolute Gasteiger partial charge is 0.172 e. The SMILES string of the molecule is Cc1cc2nc(Cl)c(N3CCN(C)CC3)nc2cc1F.NN. The van der Waals surface area contributed by atoms with Gasteiger partial charge in [0.15, 0.2) is 11.0 Å². The highest BCUT2D eigenvalue weighted by molar-refractivity contribution is 6.32. The Morgan fingerprint density at radius 3 is 2.32 bits per heavy atom. The number of rotatable bonds is 1. The molecule has 0 bridgehead atoms. The zero-order valence-electron chi connectivity index (χ0n) is 12.7. The van der Waals surface area contributed by atoms with Crippen molar-refractivity contribution in [3.8, 4) is 0 Å². The van der Waals surface area contributed by atoms with Crippen LogP contribution in [-0.2, 0) is 0 Å². The van der Waals surface area contributed by atoms with Gasteiger partial charge >= 0.3 is 0 Å². The van der Waals surface area contributed by atoms with Gasteiger partial charge in [-0.25, -0.2) is 14.4 Å². The molecular weight excluding hydrogens is 307 g/mol. The first-order chi connectivity index (χ1) is 10.5. The molecule has 0 radical (unpaired) electrons. The van der Waals surface area contributed by atoms with Crippen molar-refractivity contribution in [1.82, 2.24) is 14.9 Å². The molecule has 0 aliphatic carbocycles. The number of anilines is 1. The maximum Gasteiger partial charge on any atom is 0.172 e. The van der Waals surface area contributed by atoms with Crippen LogP contribution < -0.4 is 16.6 Å². The summed E-state index contributed by atoms with van der Waals surface area (Å²) in [7, 11) is 2.09. The summed E-state index contributed by atoms with van der Waals surface area (Å²) in [5.41, 5.74) is 1.73. The molecule has 22 heavy (non-hydrogen) atoms. The summed E-state index contributed by atoms with van der Waals surface area (Å²) in [6.45, 7) is 5.32. The highest BCUT2D eigenvalue weighted by Crippen LogP contribution is 2.26. The standard InChI is InChI=1S/C14H16ClFN4.H4N2/c1-9-7-11-12(8-10(9)16)18-14(13(15)17-11)20-5-3-19(2)4-6-20;1-2/h7-8H,3-6H2,1-2H3;1-2H2. The van der Waals surface area contributed by atoms with E-state index in [1.54, 1.807) is 13.0 Å². The predicted molar refractivity (Wildman–Crippen MR) is 87.3 cm³/mol. The second-order valence-electron chi connectivity index (χ2n) is 5.22. The Balaban J connectivity index is 0.000000847. The second-order valence-corrected chi connectivity index (χ2v) is 5.58. The minimum atomic E-state index is -0.265. The van der Waals surface area contributed by atoms with Crippen molar-refractivity contribution in [1.29, 1.82) is 0 Å². The fourth-order valence-electron chi connectivity index (χ4n) is 2.37. The van der Waals surface area contributed by atoms with Crippen LogP contribution in [0.2, 0.25) is 5.15 Å². The molecule has 8 heteroatoms. The maximum absolute atomic E-state index is 13.7. The first kappa shape index (κ1) is 16.8. The molecule has 120 valence electrons. The average Bonchev–Trinajstić information content (AvgIpc) is 2.51. The third-order valence-electron chi connectivity index (χ3n) is 3.69. The van der Waals surface area contributed by atoms with Crippen molar-refractivity contribution in [3.63, 3.8) is 0 Å². The molecule has 4 N–H and O–H groups in total. The Bertz CT molecular complexity index is 657. The van der Waals surface area contributed by atoms with Crippen molar-refractivity contribution >= 4 is 28.5 Å². The van der Waals surface area contributed by atoms with Gasteiger partial charge in [-0.15, -0.1) is 0 Å². The summed E-state index contributed by atoms with van der Waals surface area (Å²) in [5.74, 6) is 8.38. The quantitative estimate of drug-likeness (QED) is 0.607. The predicted octanol–water partition coefficient (Wildman–Crippen LogP) is 1.30. The molecule has 1 aliphatic rings. The number of fused-ring (bicyclic) bond motifs is 1. The number of hydrogen-bond acceptors (Lipinski definition) is 6. The number of likely N-dealkylation sites (N-methyl/N-ethyl adjacent to an activating group) is 1. The number of benzene rings is 1. The van der Waals surface area contributed by atoms with E-state index < -0.39 is 0 Å². The van der Waals surface area contributed by atoms with Gasteiger partial charge in [-0.3, -0.25) is 11.7 Å². The van der Waals surface area contributed by atoms with E-state index >= 15 is 0 Å². The Morgan fingerprint density at radius 2 is 1.68 bits per heavy atom. The van der Waals surface area contributed by atoms with E-state index in [-0.39, 0.29) is 5.82 Å². The molecule has 1 saturated heterocycles. The van der Waals surface area contributed by atoms with Crippen LogP contribution in [0.4, 0.5) is 10.2 Å². The third-order valence-corrected chi connectivity index (χ3v) is 3.94. The molecule has 0 amide bonds. The third kappa shape index (κ3) is 3.44. The summed E-state index contributed by atoms with van der Waals surface area (Å²) in [4.78, 5) is 13.2. The van der Waals surface area contributed by atoms with Gasteiger partial charge in [0, 0.05) is 32.2 Å². The highest BCUT2D eigenvalue weighted by atomic mass is 35.5. The molecule has 1 fully saturated rings. The summed E-state index contributed by atoms with van der Waals surface area (Å²) >= 11 is 6.24. The second kappa shape index (κ2) is 7.15. The molecule has 1 aromatic heterocycles. The van der Waals surface area contributed by atoms with Crippen LogP contribution >= 0.6 is 11.6 Å². The van der Waals surface area contributed by atoms with Crippen LogP contribution in [0.1, 0.15) is 5.56 Å². The zero-order valence-corrected chi connectivity index (χ0v) is 13.4. The number of hydrogen-bond donors (Lipinski definition) is 2. The van der Waals surface area contributed by atoms with Crippen molar-refractivity contribution in [2.45, 2.75) is 6.92 Å². The first-order valence-electron chi connectivity index (χ1n) is 6.95. The Labute approximate surface area is 133 Å². The van der Waals surface area contributed by atoms with Crippen LogP contribution in [0.5, 0.6) is 0 Å². The average molecular weight is 327 g/mol. The highest BCUT2D eigenvalue weighted by Gasteiger charge is 2.19. The number of piperazine rings is 1. The number of aromatic nitrogens is 2. The van der Waals surface area contributed by atoms with Crippen molar-refractivity contribution in [3.05, 3.63) is 28.7 Å². The Hall–Kier alpha value is -1.54. The normalized spacial score (nSPS) is 15.6. The Kier molecular flexibility index (Phi) is 5.47. The Morgan fingerprint density at radius 1 is 1.09 bits per heavy atom. The number of hydrazine groups is 1. The number of aryl methyl sites for hydroxylation is 1. The summed E-state index contributed by atoms with van der Waals surface area (Å²) in [5, 5.41) is 0.382. The van der Waals surface area contributed by atoms with Gasteiger partial charge in [0.25, 0.3) is 0 Å². The largest absolute Gasteiger partial charge is 0.351 e. The van der Waals surface area contributed by atoms with E-state index in [0.29, 0.717) is 27.6 Å². The first-order valence-corrected chi connectivity index (χ1v) is 7.32. The molecular formula is C14H20ClFN6. The van der Waals surface area contributed by atoms with Gasteiger partial charge in [0.2, 0.25) is 0 Å². The van der Waals surface area contributed by atoms with Gasteiger partial charge in [-0.2, -0.15) is 0 Å². The van der Waals surface area contributed by atoms with Gasteiger partial charge < -0.3 is 9.80 Å². The minimum absolute atomic E-state index is 0.265. The molecule has 0 unspecified atom stereocenters. The van der Waals surface area contributed by atoms with Crippen LogP contribution in [0, 0.1) is 12.7 Å². The van der Waals surface area contributed by atoms with Gasteiger partial charge in [0.05, 0.1) is 11.0 Å². The molecule has 6 nitrogen and oxygen atoms in total. The minimum Gasteiger partial charge on any atom is -0.351 e. The zero-order chi connectivity index (χ0) is 16.3. The number of nitrogens with two attached hydrogens (primary N) is 2. The monoisotopic (exact) mass is 326 g/mol. The molecule has 0 saturated carbocycles. The van der Waals surface area contributed by atoms with Crippen molar-refractivity contribution in [2.24, 2.45) is 11.7 Å². The van der Waals surface area contributed by atoms with E-state index in [2.05, 4.69) is 38.5 Å². The van der Waals surface area contributed by atoms with Crippen LogP contribution in [0.15, 0.2) is 12.1 Å². The lowest BCUT2D eigenvalue weighted by atomic mass is 10.2. The summed E-state index contributed by atoms with van der Waals surface area (Å²) < 4.78 is 13.7. The van der Waals surface area contributed by atoms with E-state index in [0.717, 1.165) is 26.2 Å². The van der Waals surface area contributed by atoms with Crippen LogP contribution in [0.25, 0.3) is 11.0 Å². The number of nitrogens with zero attached hydrogens (tertiary/aromatic N) is 4. The van der Waals surface area contributed by atoms with Gasteiger partial charge in [-0.1, -0.05) is 11.6 Å². The van der Waals surface area contributed by atoms with Crippen molar-refractivity contribution < 1.29 is 4.39 Å². The molecule has 2 aromatic rings. The van der Waals surface area contributed by atoms with E-state index in [1.807, 2.05) is 0 Å². The van der Waals surface area contributed by atoms with Gasteiger partial charge in [-0.05, 0) is 25.6 Å². The molecule has 0 atom stereocenters. The topological polar surface area (TPSA) is 84.3 Å². The fraction of sp³-hybridized carbons (Fsp3) is 0.429. The summed E-state index contributed by atoms with van der Waals surface area (Å²) in [6, 6.07) is 3.10. The molecule has 0 spiro atoms. The van der Waals surface area contributed by atoms with Crippen LogP contribution in [-0.4, -0.2) is 48.1 Å². The molecule has 1 aliphatic heterocycles. The molecule has 3 rings (SSSR count). The number of halogens is 2. The van der Waals surface area contributed by atoms with E-state index in [1.165, 1.54) is 6.07 Å². The lowest BCUT2D eigenvalue weighted by molar-refractivity contribution is 0.312. The molecule has 2 heterocycles. The van der Waals surface area contributed by atoms with Gasteiger partial charge in [0.1, 0.15) is 5.82 Å². The molecule has 1 aromatic carbocycles. The fourth-order valence-corrected chi connectivity index (χ4v) is 2.62. The summed E-state index contributed by atoms with van der Waals surface area (Å²) in [6.07, 6.45) is 0. The van der Waals surface area contributed by atoms with E-state index in [9.17, 15) is 4.39 Å². The van der Waals surface area contributed by atoms with Crippen LogP contribution in [0.3, 0.4) is 0 Å². The van der Waals surface area contributed by atoms with Crippen molar-refractivity contribution in [2.75, 3.05) is 38.1 Å². The lowest BCUT2D eigenvalue weighted by Gasteiger charge is -2.33. The van der Waals surface area contributed by atoms with E-state index in [4.69, 9.17) is 11.6 Å². The maximum atomic E-state index is 13.7. The lowest BCUT2D eigenvalue weighted by Crippen LogP contribution is -2.45.